The minimum Gasteiger partial charge on any atom is -0.469 e. The van der Waals surface area contributed by atoms with Gasteiger partial charge in [-0.25, -0.2) is 0 Å². The molecule has 1 N–H and O–H groups in total. The predicted molar refractivity (Wildman–Crippen MR) is 112 cm³/mol. The van der Waals surface area contributed by atoms with Gasteiger partial charge in [0.1, 0.15) is 0 Å². The molecule has 0 unspecified atom stereocenters. The quantitative estimate of drug-likeness (QED) is 0.498. The molecule has 0 spiro atoms. The fourth-order valence-electron chi connectivity index (χ4n) is 3.66. The third-order valence-corrected chi connectivity index (χ3v) is 5.36. The van der Waals surface area contributed by atoms with Gasteiger partial charge in [-0.1, -0.05) is 6.07 Å². The molecule has 4 rings (SSSR count). The highest BCUT2D eigenvalue weighted by molar-refractivity contribution is 7.80. The Hall–Kier alpha value is -3.26. The first-order valence-corrected chi connectivity index (χ1v) is 9.72. The third-order valence-electron chi connectivity index (χ3n) is 5.01. The van der Waals surface area contributed by atoms with Crippen molar-refractivity contribution in [3.05, 3.63) is 78.6 Å². The average Bonchev–Trinajstić information content (AvgIpc) is 3.37. The molecular formula is C21H21N5O2S. The van der Waals surface area contributed by atoms with Crippen LogP contribution in [0.25, 0.3) is 5.69 Å². The minimum atomic E-state index is -0.266. The van der Waals surface area contributed by atoms with Gasteiger partial charge in [-0.3, -0.25) is 14.8 Å². The van der Waals surface area contributed by atoms with Gasteiger partial charge >= 0.3 is 5.97 Å². The number of carbonyl (C=O) groups is 1. The first-order valence-electron chi connectivity index (χ1n) is 9.31. The Bertz CT molecular complexity index is 993. The summed E-state index contributed by atoms with van der Waals surface area (Å²) >= 11 is 5.63. The van der Waals surface area contributed by atoms with Crippen LogP contribution in [-0.4, -0.2) is 44.2 Å². The number of hydrogen-bond donors (Lipinski definition) is 1. The number of carbonyl (C=O) groups excluding carboxylic acids is 1. The highest BCUT2D eigenvalue weighted by Gasteiger charge is 2.41. The minimum absolute atomic E-state index is 0.134. The molecule has 7 nitrogen and oxygen atoms in total. The molecule has 0 radical (unpaired) electrons. The molecule has 0 saturated carbocycles. The van der Waals surface area contributed by atoms with Crippen molar-refractivity contribution in [2.75, 3.05) is 13.7 Å². The average molecular weight is 407 g/mol. The van der Waals surface area contributed by atoms with Crippen molar-refractivity contribution in [2.45, 2.75) is 18.5 Å². The summed E-state index contributed by atoms with van der Waals surface area (Å²) < 4.78 is 6.94. The van der Waals surface area contributed by atoms with Crippen LogP contribution in [0.4, 0.5) is 0 Å². The lowest BCUT2D eigenvalue weighted by Gasteiger charge is -2.28. The summed E-state index contributed by atoms with van der Waals surface area (Å²) in [5.41, 5.74) is 2.94. The van der Waals surface area contributed by atoms with E-state index in [-0.39, 0.29) is 24.5 Å². The second-order valence-corrected chi connectivity index (χ2v) is 7.04. The molecular weight excluding hydrogens is 386 g/mol. The van der Waals surface area contributed by atoms with Gasteiger partial charge in [-0.15, -0.1) is 0 Å². The zero-order valence-electron chi connectivity index (χ0n) is 15.9. The van der Waals surface area contributed by atoms with Crippen LogP contribution in [0.15, 0.2) is 67.3 Å². The van der Waals surface area contributed by atoms with E-state index in [2.05, 4.69) is 25.9 Å². The van der Waals surface area contributed by atoms with Gasteiger partial charge in [0.2, 0.25) is 0 Å². The van der Waals surface area contributed by atoms with E-state index < -0.39 is 0 Å². The van der Waals surface area contributed by atoms with Gasteiger partial charge in [0.15, 0.2) is 5.11 Å². The molecule has 0 aromatic carbocycles. The van der Waals surface area contributed by atoms with Gasteiger partial charge < -0.3 is 19.5 Å². The zero-order valence-corrected chi connectivity index (χ0v) is 16.7. The van der Waals surface area contributed by atoms with E-state index in [0.29, 0.717) is 11.7 Å². The van der Waals surface area contributed by atoms with Crippen LogP contribution in [-0.2, 0) is 9.53 Å². The van der Waals surface area contributed by atoms with Crippen LogP contribution < -0.4 is 5.32 Å². The lowest BCUT2D eigenvalue weighted by atomic mass is 10.0. The maximum atomic E-state index is 11.8. The predicted octanol–water partition coefficient (Wildman–Crippen LogP) is 2.80. The second-order valence-electron chi connectivity index (χ2n) is 6.65. The molecule has 3 aromatic heterocycles. The Morgan fingerprint density at radius 1 is 1.17 bits per heavy atom. The zero-order chi connectivity index (χ0) is 20.2. The van der Waals surface area contributed by atoms with E-state index in [1.54, 1.807) is 18.6 Å². The molecule has 4 heterocycles. The fourth-order valence-corrected chi connectivity index (χ4v) is 3.99. The number of methoxy groups -OCH3 is 1. The molecule has 0 amide bonds. The molecule has 1 aliphatic heterocycles. The smallest absolute Gasteiger partial charge is 0.307 e. The standard InChI is InChI=1S/C21H21N5O2S/c1-28-18(27)9-14-26-20(19(24-21(26)29)16-5-2-3-10-23-16)17-6-4-13-25(17)15-7-11-22-12-8-15/h2-8,10-13,19-20H,9,14H2,1H3,(H,24,29)/t19-,20-/m0/s1. The van der Waals surface area contributed by atoms with E-state index in [4.69, 9.17) is 17.0 Å². The first kappa shape index (κ1) is 19.1. The number of aromatic nitrogens is 3. The first-order chi connectivity index (χ1) is 14.2. The van der Waals surface area contributed by atoms with E-state index in [1.165, 1.54) is 7.11 Å². The third kappa shape index (κ3) is 3.84. The molecule has 1 aliphatic rings. The van der Waals surface area contributed by atoms with Gasteiger partial charge in [0, 0.05) is 42.7 Å². The Labute approximate surface area is 174 Å². The maximum absolute atomic E-state index is 11.8. The summed E-state index contributed by atoms with van der Waals surface area (Å²) in [7, 11) is 1.39. The molecule has 2 atom stereocenters. The van der Waals surface area contributed by atoms with Crippen LogP contribution in [0, 0.1) is 0 Å². The normalized spacial score (nSPS) is 18.5. The Morgan fingerprint density at radius 2 is 2.00 bits per heavy atom. The number of thiocarbonyl (C=S) groups is 1. The van der Waals surface area contributed by atoms with Crippen LogP contribution >= 0.6 is 12.2 Å². The summed E-state index contributed by atoms with van der Waals surface area (Å²) in [5, 5.41) is 3.99. The lowest BCUT2D eigenvalue weighted by molar-refractivity contribution is -0.140. The Kier molecular flexibility index (Phi) is 5.53. The van der Waals surface area contributed by atoms with Gasteiger partial charge in [0.05, 0.1) is 31.3 Å². The van der Waals surface area contributed by atoms with Crippen LogP contribution in [0.3, 0.4) is 0 Å². The van der Waals surface area contributed by atoms with Gasteiger partial charge in [-0.2, -0.15) is 0 Å². The SMILES string of the molecule is COC(=O)CCN1C(=S)N[C@@H](c2ccccn2)[C@@H]1c1cccn1-c1ccncc1. The number of esters is 1. The molecule has 148 valence electrons. The summed E-state index contributed by atoms with van der Waals surface area (Å²) in [4.78, 5) is 22.5. The Balaban J connectivity index is 1.75. The Morgan fingerprint density at radius 3 is 2.72 bits per heavy atom. The number of ether oxygens (including phenoxy) is 1. The van der Waals surface area contributed by atoms with Crippen molar-refractivity contribution in [1.82, 2.24) is 24.8 Å². The van der Waals surface area contributed by atoms with Crippen molar-refractivity contribution in [1.29, 1.82) is 0 Å². The summed E-state index contributed by atoms with van der Waals surface area (Å²) in [6, 6.07) is 13.5. The molecule has 29 heavy (non-hydrogen) atoms. The molecule has 1 saturated heterocycles. The van der Waals surface area contributed by atoms with Crippen molar-refractivity contribution >= 4 is 23.3 Å². The highest BCUT2D eigenvalue weighted by atomic mass is 32.1. The van der Waals surface area contributed by atoms with Gasteiger partial charge in [0.25, 0.3) is 0 Å². The number of pyridine rings is 2. The van der Waals surface area contributed by atoms with E-state index in [9.17, 15) is 4.79 Å². The van der Waals surface area contributed by atoms with Crippen molar-refractivity contribution in [2.24, 2.45) is 0 Å². The van der Waals surface area contributed by atoms with E-state index >= 15 is 0 Å². The topological polar surface area (TPSA) is 72.3 Å². The molecule has 3 aromatic rings. The maximum Gasteiger partial charge on any atom is 0.307 e. The number of rotatable bonds is 6. The number of nitrogens with one attached hydrogen (secondary N) is 1. The largest absolute Gasteiger partial charge is 0.469 e. The van der Waals surface area contributed by atoms with Crippen LogP contribution in [0.1, 0.15) is 29.9 Å². The fraction of sp³-hybridized carbons (Fsp3) is 0.238. The van der Waals surface area contributed by atoms with Crippen molar-refractivity contribution < 1.29 is 9.53 Å². The second kappa shape index (κ2) is 8.40. The van der Waals surface area contributed by atoms with Gasteiger partial charge in [-0.05, 0) is 48.6 Å². The summed E-state index contributed by atoms with van der Waals surface area (Å²) in [6.07, 6.45) is 7.57. The molecule has 1 fully saturated rings. The molecule has 0 bridgehead atoms. The number of nitrogens with zero attached hydrogens (tertiary/aromatic N) is 4. The van der Waals surface area contributed by atoms with Crippen LogP contribution in [0.2, 0.25) is 0 Å². The van der Waals surface area contributed by atoms with E-state index in [1.807, 2.05) is 47.5 Å². The lowest BCUT2D eigenvalue weighted by Crippen LogP contribution is -2.32. The summed E-state index contributed by atoms with van der Waals surface area (Å²) in [5.74, 6) is -0.266. The highest BCUT2D eigenvalue weighted by Crippen LogP contribution is 2.39. The monoisotopic (exact) mass is 407 g/mol. The molecule has 8 heteroatoms. The molecule has 0 aliphatic carbocycles. The van der Waals surface area contributed by atoms with Crippen molar-refractivity contribution in [3.8, 4) is 5.69 Å². The van der Waals surface area contributed by atoms with Crippen molar-refractivity contribution in [3.63, 3.8) is 0 Å². The van der Waals surface area contributed by atoms with Crippen LogP contribution in [0.5, 0.6) is 0 Å². The summed E-state index contributed by atoms with van der Waals surface area (Å²) in [6.45, 7) is 0.452. The number of hydrogen-bond acceptors (Lipinski definition) is 5. The van der Waals surface area contributed by atoms with E-state index in [0.717, 1.165) is 17.1 Å².